The molecule has 0 radical (unpaired) electrons. The van der Waals surface area contributed by atoms with Gasteiger partial charge in [-0.05, 0) is 24.5 Å². The monoisotopic (exact) mass is 433 g/mol. The van der Waals surface area contributed by atoms with Crippen molar-refractivity contribution < 1.29 is 10.0 Å². The van der Waals surface area contributed by atoms with Gasteiger partial charge in [-0.2, -0.15) is 10.1 Å². The number of nitrogens with one attached hydrogen (secondary N) is 2. The maximum absolute atomic E-state index is 11.0. The van der Waals surface area contributed by atoms with Crippen LogP contribution in [0.15, 0.2) is 61.2 Å². The summed E-state index contributed by atoms with van der Waals surface area (Å²) in [4.78, 5) is 20.1. The highest BCUT2D eigenvalue weighted by atomic mass is 16.5. The first kappa shape index (κ1) is 21.5. The summed E-state index contributed by atoms with van der Waals surface area (Å²) in [6.45, 7) is 1.55. The Morgan fingerprint density at radius 1 is 1.03 bits per heavy atom. The predicted octanol–water partition coefficient (Wildman–Crippen LogP) is 3.88. The van der Waals surface area contributed by atoms with Gasteiger partial charge >= 0.3 is 0 Å². The fourth-order valence-electron chi connectivity index (χ4n) is 3.59. The maximum atomic E-state index is 11.0. The number of nitrogens with zero attached hydrogens (tertiary/aromatic N) is 5. The Kier molecular flexibility index (Phi) is 7.08. The quantitative estimate of drug-likeness (QED) is 0.188. The number of unbranched alkanes of at least 4 members (excludes halogenated alkanes) is 3. The van der Waals surface area contributed by atoms with E-state index >= 15 is 0 Å². The molecule has 0 bridgehead atoms. The molecular weight excluding hydrogens is 406 g/mol. The number of benzene rings is 1. The van der Waals surface area contributed by atoms with E-state index < -0.39 is 0 Å². The lowest BCUT2D eigenvalue weighted by Crippen LogP contribution is -2.17. The van der Waals surface area contributed by atoms with Gasteiger partial charge in [0.25, 0.3) is 0 Å². The van der Waals surface area contributed by atoms with Crippen molar-refractivity contribution in [3.8, 4) is 0 Å². The Labute approximate surface area is 186 Å². The molecule has 3 aromatic heterocycles. The topological polar surface area (TPSA) is 110 Å². The molecule has 0 aliphatic carbocycles. The van der Waals surface area contributed by atoms with Gasteiger partial charge in [0, 0.05) is 43.5 Å². The first-order valence-corrected chi connectivity index (χ1v) is 10.8. The summed E-state index contributed by atoms with van der Waals surface area (Å²) in [6.07, 6.45) is 11.6. The molecule has 166 valence electrons. The number of hydrogen-bond donors (Lipinski definition) is 3. The van der Waals surface area contributed by atoms with Crippen molar-refractivity contribution in [3.63, 3.8) is 0 Å². The summed E-state index contributed by atoms with van der Waals surface area (Å²) in [7, 11) is 0. The van der Waals surface area contributed by atoms with Crippen LogP contribution in [0.25, 0.3) is 11.0 Å². The van der Waals surface area contributed by atoms with Crippen LogP contribution in [0, 0.1) is 0 Å². The third kappa shape index (κ3) is 5.70. The number of fused-ring (bicyclic) bond motifs is 1. The molecule has 0 fully saturated rings. The molecule has 4 rings (SSSR count). The summed E-state index contributed by atoms with van der Waals surface area (Å²) in [5.74, 6) is 0.202. The number of hydrogen-bond acceptors (Lipinski definition) is 6. The molecule has 9 nitrogen and oxygen atoms in total. The van der Waals surface area contributed by atoms with Crippen LogP contribution in [-0.4, -0.2) is 35.4 Å². The van der Waals surface area contributed by atoms with Crippen LogP contribution in [0.3, 0.4) is 0 Å². The number of carbonyl (C=O) groups is 1. The van der Waals surface area contributed by atoms with E-state index in [9.17, 15) is 4.79 Å². The molecule has 0 spiro atoms. The minimum Gasteiger partial charge on any atom is -0.328 e. The summed E-state index contributed by atoms with van der Waals surface area (Å²) in [5, 5.41) is 17.1. The fraction of sp³-hybridized carbons (Fsp3) is 0.304. The molecule has 0 atom stereocenters. The number of carbonyl (C=O) groups excluding carboxylic acids is 1. The van der Waals surface area contributed by atoms with E-state index in [2.05, 4.69) is 32.1 Å². The Hall–Kier alpha value is -3.72. The average molecular weight is 434 g/mol. The minimum absolute atomic E-state index is 0.333. The van der Waals surface area contributed by atoms with Gasteiger partial charge in [-0.15, -0.1) is 0 Å². The smallest absolute Gasteiger partial charge is 0.243 e. The number of hydroxylamine groups is 1. The summed E-state index contributed by atoms with van der Waals surface area (Å²) in [5.41, 5.74) is 4.59. The van der Waals surface area contributed by atoms with Gasteiger partial charge < -0.3 is 9.88 Å². The number of anilines is 2. The van der Waals surface area contributed by atoms with E-state index in [0.717, 1.165) is 55.5 Å². The van der Waals surface area contributed by atoms with Crippen molar-refractivity contribution in [2.45, 2.75) is 45.2 Å². The molecule has 0 aliphatic heterocycles. The van der Waals surface area contributed by atoms with E-state index in [-0.39, 0.29) is 5.91 Å². The molecule has 0 saturated carbocycles. The highest BCUT2D eigenvalue weighted by molar-refractivity contribution is 5.77. The molecule has 1 aromatic carbocycles. The zero-order valence-electron chi connectivity index (χ0n) is 17.8. The lowest BCUT2D eigenvalue weighted by Gasteiger charge is -2.06. The van der Waals surface area contributed by atoms with Crippen LogP contribution in [-0.2, 0) is 17.9 Å². The van der Waals surface area contributed by atoms with Gasteiger partial charge in [-0.25, -0.2) is 10.5 Å². The van der Waals surface area contributed by atoms with Crippen LogP contribution in [0.1, 0.15) is 37.7 Å². The largest absolute Gasteiger partial charge is 0.328 e. The first-order chi connectivity index (χ1) is 15.7. The second kappa shape index (κ2) is 10.5. The Morgan fingerprint density at radius 2 is 1.88 bits per heavy atom. The van der Waals surface area contributed by atoms with Crippen molar-refractivity contribution in [2.24, 2.45) is 0 Å². The Bertz CT molecular complexity index is 1150. The van der Waals surface area contributed by atoms with Crippen molar-refractivity contribution in [1.29, 1.82) is 0 Å². The summed E-state index contributed by atoms with van der Waals surface area (Å²) < 4.78 is 4.00. The van der Waals surface area contributed by atoms with Crippen LogP contribution in [0.5, 0.6) is 0 Å². The second-order valence-electron chi connectivity index (χ2n) is 7.72. The third-order valence-electron chi connectivity index (χ3n) is 5.25. The molecular formula is C23H27N7O2. The van der Waals surface area contributed by atoms with Gasteiger partial charge in [-0.1, -0.05) is 43.2 Å². The van der Waals surface area contributed by atoms with Crippen LogP contribution in [0.2, 0.25) is 0 Å². The molecule has 32 heavy (non-hydrogen) atoms. The highest BCUT2D eigenvalue weighted by Crippen LogP contribution is 2.18. The number of aromatic nitrogens is 5. The van der Waals surface area contributed by atoms with Gasteiger partial charge in [-0.3, -0.25) is 14.7 Å². The summed E-state index contributed by atoms with van der Waals surface area (Å²) >= 11 is 0. The fourth-order valence-corrected chi connectivity index (χ4v) is 3.59. The Balaban J connectivity index is 1.31. The lowest BCUT2D eigenvalue weighted by atomic mass is 10.1. The molecule has 4 aromatic rings. The SMILES string of the molecule is O=C(CCCCCCn1cc(Nc2ncc3ccn(Cc4ccccc4)c3n2)cn1)NO. The number of aryl methyl sites for hydroxylation is 1. The lowest BCUT2D eigenvalue weighted by molar-refractivity contribution is -0.129. The van der Waals surface area contributed by atoms with Crippen LogP contribution < -0.4 is 10.8 Å². The van der Waals surface area contributed by atoms with E-state index in [4.69, 9.17) is 10.2 Å². The Morgan fingerprint density at radius 3 is 2.72 bits per heavy atom. The van der Waals surface area contributed by atoms with Gasteiger partial charge in [0.15, 0.2) is 0 Å². The van der Waals surface area contributed by atoms with Crippen molar-refractivity contribution in [1.82, 2.24) is 29.8 Å². The number of amides is 1. The van der Waals surface area contributed by atoms with Crippen LogP contribution in [0.4, 0.5) is 11.6 Å². The summed E-state index contributed by atoms with van der Waals surface area (Å²) in [6, 6.07) is 12.3. The van der Waals surface area contributed by atoms with Crippen LogP contribution >= 0.6 is 0 Å². The van der Waals surface area contributed by atoms with Gasteiger partial charge in [0.05, 0.1) is 11.9 Å². The molecule has 0 aliphatic rings. The average Bonchev–Trinajstić information content (AvgIpc) is 3.43. The standard InChI is InChI=1S/C23H27N7O2/c31-21(28-32)10-6-1-2-7-12-30-17-20(15-25-30)26-23-24-14-19-11-13-29(22(19)27-23)16-18-8-4-3-5-9-18/h3-5,8-9,11,13-15,17,32H,1-2,6-7,10,12,16H2,(H,28,31)(H,24,26,27). The van der Waals surface area contributed by atoms with Gasteiger partial charge in [0.2, 0.25) is 11.9 Å². The van der Waals surface area contributed by atoms with E-state index in [1.807, 2.05) is 47.5 Å². The maximum Gasteiger partial charge on any atom is 0.243 e. The van der Waals surface area contributed by atoms with E-state index in [0.29, 0.717) is 12.4 Å². The second-order valence-corrected chi connectivity index (χ2v) is 7.72. The zero-order chi connectivity index (χ0) is 22.2. The van der Waals surface area contributed by atoms with Crippen molar-refractivity contribution in [2.75, 3.05) is 5.32 Å². The van der Waals surface area contributed by atoms with E-state index in [1.165, 1.54) is 5.56 Å². The molecule has 0 unspecified atom stereocenters. The van der Waals surface area contributed by atoms with E-state index in [1.54, 1.807) is 11.7 Å². The molecule has 3 N–H and O–H groups in total. The third-order valence-corrected chi connectivity index (χ3v) is 5.25. The van der Waals surface area contributed by atoms with Crippen molar-refractivity contribution in [3.05, 3.63) is 66.7 Å². The first-order valence-electron chi connectivity index (χ1n) is 10.8. The zero-order valence-corrected chi connectivity index (χ0v) is 17.8. The highest BCUT2D eigenvalue weighted by Gasteiger charge is 2.08. The minimum atomic E-state index is -0.333. The molecule has 0 saturated heterocycles. The molecule has 3 heterocycles. The normalized spacial score (nSPS) is 11.0. The van der Waals surface area contributed by atoms with Gasteiger partial charge in [0.1, 0.15) is 5.65 Å². The van der Waals surface area contributed by atoms with Crippen molar-refractivity contribution >= 4 is 28.6 Å². The molecule has 9 heteroatoms. The predicted molar refractivity (Wildman–Crippen MR) is 122 cm³/mol. The number of rotatable bonds is 11. The molecule has 1 amide bonds.